The van der Waals surface area contributed by atoms with Crippen LogP contribution in [0.1, 0.15) is 53.1 Å². The van der Waals surface area contributed by atoms with Gasteiger partial charge in [-0.2, -0.15) is 4.36 Å². The lowest BCUT2D eigenvalue weighted by molar-refractivity contribution is 0.0834. The molecule has 148 valence electrons. The Kier molecular flexibility index (Phi) is 4.48. The highest BCUT2D eigenvalue weighted by molar-refractivity contribution is 7.92. The number of halogens is 1. The zero-order valence-corrected chi connectivity index (χ0v) is 17.1. The summed E-state index contributed by atoms with van der Waals surface area (Å²) in [4.78, 5) is 10.4. The van der Waals surface area contributed by atoms with Gasteiger partial charge in [0.2, 0.25) is 0 Å². The maximum Gasteiger partial charge on any atom is 0.163 e. The van der Waals surface area contributed by atoms with Crippen LogP contribution >= 0.6 is 11.3 Å². The number of rotatable bonds is 3. The summed E-state index contributed by atoms with van der Waals surface area (Å²) in [5, 5.41) is 10.7. The number of benzene rings is 1. The van der Waals surface area contributed by atoms with Crippen molar-refractivity contribution in [2.45, 2.75) is 37.0 Å². The van der Waals surface area contributed by atoms with Crippen molar-refractivity contribution in [1.29, 1.82) is 0 Å². The summed E-state index contributed by atoms with van der Waals surface area (Å²) in [6.45, 7) is 2.04. The Morgan fingerprint density at radius 1 is 1.32 bits per heavy atom. The quantitative estimate of drug-likeness (QED) is 0.818. The fourth-order valence-corrected chi connectivity index (χ4v) is 6.51. The number of nitrogens with zero attached hydrogens (tertiary/aromatic N) is 3. The molecule has 1 N–H and O–H groups in total. The Balaban J connectivity index is 1.39. The van der Waals surface area contributed by atoms with Gasteiger partial charge >= 0.3 is 0 Å². The number of piperidine rings is 1. The second kappa shape index (κ2) is 6.89. The first kappa shape index (κ1) is 18.2. The SMILES string of the molecule is CS1(=O)=Nc2c(ccc(F)c2C2CC(c3csc(C4CCNCC4)n3)=NO2)C1. The minimum Gasteiger partial charge on any atom is -0.387 e. The van der Waals surface area contributed by atoms with E-state index >= 15 is 0 Å². The monoisotopic (exact) mass is 420 g/mol. The van der Waals surface area contributed by atoms with Crippen LogP contribution in [0.15, 0.2) is 27.0 Å². The summed E-state index contributed by atoms with van der Waals surface area (Å²) >= 11 is 1.66. The molecule has 0 amide bonds. The van der Waals surface area contributed by atoms with Crippen LogP contribution in [0.5, 0.6) is 0 Å². The Hall–Kier alpha value is -1.84. The summed E-state index contributed by atoms with van der Waals surface area (Å²) in [6, 6.07) is 3.07. The molecule has 0 aliphatic carbocycles. The molecule has 0 saturated carbocycles. The van der Waals surface area contributed by atoms with Crippen LogP contribution in [-0.2, 0) is 20.3 Å². The highest BCUT2D eigenvalue weighted by atomic mass is 32.2. The summed E-state index contributed by atoms with van der Waals surface area (Å²) in [5.74, 6) is 0.446. The number of hydrogen-bond acceptors (Lipinski definition) is 7. The summed E-state index contributed by atoms with van der Waals surface area (Å²) < 4.78 is 31.3. The number of nitrogens with one attached hydrogen (secondary N) is 1. The van der Waals surface area contributed by atoms with E-state index in [9.17, 15) is 8.60 Å². The van der Waals surface area contributed by atoms with Gasteiger partial charge in [0.25, 0.3) is 0 Å². The van der Waals surface area contributed by atoms with Gasteiger partial charge in [-0.05, 0) is 37.6 Å². The minimum absolute atomic E-state index is 0.349. The molecule has 1 aromatic carbocycles. The molecule has 0 spiro atoms. The van der Waals surface area contributed by atoms with Crippen LogP contribution < -0.4 is 5.32 Å². The van der Waals surface area contributed by atoms with Crippen molar-refractivity contribution in [3.63, 3.8) is 0 Å². The maximum atomic E-state index is 14.6. The fourth-order valence-electron chi connectivity index (χ4n) is 4.03. The van der Waals surface area contributed by atoms with Gasteiger partial charge in [-0.1, -0.05) is 11.2 Å². The molecular formula is C19H21FN4O2S2. The number of aromatic nitrogens is 1. The fraction of sp³-hybridized carbons (Fsp3) is 0.474. The van der Waals surface area contributed by atoms with E-state index in [1.807, 2.05) is 5.38 Å². The highest BCUT2D eigenvalue weighted by Gasteiger charge is 2.33. The largest absolute Gasteiger partial charge is 0.387 e. The summed E-state index contributed by atoms with van der Waals surface area (Å²) in [6.07, 6.45) is 3.66. The van der Waals surface area contributed by atoms with Crippen molar-refractivity contribution in [3.8, 4) is 0 Å². The van der Waals surface area contributed by atoms with E-state index in [4.69, 9.17) is 9.82 Å². The Morgan fingerprint density at radius 2 is 2.14 bits per heavy atom. The van der Waals surface area contributed by atoms with Gasteiger partial charge in [-0.25, -0.2) is 13.6 Å². The van der Waals surface area contributed by atoms with E-state index in [2.05, 4.69) is 14.8 Å². The third kappa shape index (κ3) is 3.25. The number of fused-ring (bicyclic) bond motifs is 1. The van der Waals surface area contributed by atoms with E-state index in [-0.39, 0.29) is 0 Å². The Bertz CT molecular complexity index is 1080. The number of thiazole rings is 1. The van der Waals surface area contributed by atoms with Crippen LogP contribution in [0.3, 0.4) is 0 Å². The van der Waals surface area contributed by atoms with Crippen molar-refractivity contribution in [2.75, 3.05) is 19.3 Å². The standard InChI is InChI=1S/C19H21FN4O2S2/c1-28(25)10-12-2-3-13(20)17(18(12)24-28)16-8-14(23-26-16)15-9-27-19(22-15)11-4-6-21-7-5-11/h2-3,9,11,16,21H,4-8,10H2,1H3. The molecule has 5 rings (SSSR count). The van der Waals surface area contributed by atoms with E-state index in [0.29, 0.717) is 29.3 Å². The normalized spacial score (nSPS) is 27.2. The molecule has 2 atom stereocenters. The van der Waals surface area contributed by atoms with Crippen LogP contribution in [0, 0.1) is 5.82 Å². The molecule has 1 fully saturated rings. The minimum atomic E-state index is -2.35. The number of oxime groups is 1. The third-order valence-electron chi connectivity index (χ3n) is 5.45. The van der Waals surface area contributed by atoms with E-state index in [0.717, 1.165) is 47.9 Å². The Labute approximate surface area is 167 Å². The molecule has 3 aliphatic rings. The first-order valence-corrected chi connectivity index (χ1v) is 12.4. The van der Waals surface area contributed by atoms with E-state index in [1.165, 1.54) is 6.07 Å². The van der Waals surface area contributed by atoms with E-state index in [1.54, 1.807) is 23.7 Å². The average Bonchev–Trinajstić information content (AvgIpc) is 3.39. The second-order valence-electron chi connectivity index (χ2n) is 7.60. The first-order chi connectivity index (χ1) is 13.5. The Morgan fingerprint density at radius 3 is 2.96 bits per heavy atom. The van der Waals surface area contributed by atoms with Crippen molar-refractivity contribution >= 4 is 32.5 Å². The van der Waals surface area contributed by atoms with Crippen LogP contribution in [0.2, 0.25) is 0 Å². The summed E-state index contributed by atoms with van der Waals surface area (Å²) in [7, 11) is -2.35. The van der Waals surface area contributed by atoms with Crippen molar-refractivity contribution in [1.82, 2.24) is 10.3 Å². The molecule has 2 aromatic rings. The lowest BCUT2D eigenvalue weighted by atomic mass is 9.98. The lowest BCUT2D eigenvalue weighted by Gasteiger charge is -2.20. The molecule has 1 aromatic heterocycles. The zero-order valence-electron chi connectivity index (χ0n) is 15.5. The molecule has 4 heterocycles. The van der Waals surface area contributed by atoms with E-state index < -0.39 is 21.7 Å². The molecule has 28 heavy (non-hydrogen) atoms. The lowest BCUT2D eigenvalue weighted by Crippen LogP contribution is -2.26. The van der Waals surface area contributed by atoms with Crippen LogP contribution in [0.4, 0.5) is 10.1 Å². The van der Waals surface area contributed by atoms with Gasteiger partial charge in [0.05, 0.1) is 37.4 Å². The van der Waals surface area contributed by atoms with Crippen molar-refractivity contribution < 1.29 is 13.4 Å². The molecule has 0 bridgehead atoms. The highest BCUT2D eigenvalue weighted by Crippen LogP contribution is 2.43. The predicted molar refractivity (Wildman–Crippen MR) is 108 cm³/mol. The van der Waals surface area contributed by atoms with Gasteiger partial charge in [-0.15, -0.1) is 11.3 Å². The average molecular weight is 421 g/mol. The van der Waals surface area contributed by atoms with Crippen molar-refractivity contribution in [2.24, 2.45) is 9.52 Å². The number of hydrogen-bond donors (Lipinski definition) is 1. The van der Waals surface area contributed by atoms with Crippen LogP contribution in [-0.4, -0.2) is 34.2 Å². The molecule has 0 radical (unpaired) electrons. The van der Waals surface area contributed by atoms with Gasteiger partial charge in [0.1, 0.15) is 11.5 Å². The molecule has 6 nitrogen and oxygen atoms in total. The molecule has 3 aliphatic heterocycles. The second-order valence-corrected chi connectivity index (χ2v) is 10.9. The van der Waals surface area contributed by atoms with Crippen molar-refractivity contribution in [3.05, 3.63) is 45.2 Å². The van der Waals surface area contributed by atoms with Gasteiger partial charge in [0, 0.05) is 24.0 Å². The zero-order chi connectivity index (χ0) is 19.3. The molecular weight excluding hydrogens is 399 g/mol. The molecule has 9 heteroatoms. The van der Waals surface area contributed by atoms with Crippen LogP contribution in [0.25, 0.3) is 0 Å². The van der Waals surface area contributed by atoms with Gasteiger partial charge < -0.3 is 10.2 Å². The third-order valence-corrected chi connectivity index (χ3v) is 7.87. The topological polar surface area (TPSA) is 75.9 Å². The van der Waals surface area contributed by atoms with Gasteiger partial charge in [0.15, 0.2) is 6.10 Å². The maximum absolute atomic E-state index is 14.6. The summed E-state index contributed by atoms with van der Waals surface area (Å²) in [5.41, 5.74) is 3.18. The molecule has 1 saturated heterocycles. The smallest absolute Gasteiger partial charge is 0.163 e. The van der Waals surface area contributed by atoms with Gasteiger partial charge in [-0.3, -0.25) is 0 Å². The first-order valence-electron chi connectivity index (χ1n) is 9.40. The predicted octanol–water partition coefficient (Wildman–Crippen LogP) is 3.86. The molecule has 2 unspecified atom stereocenters.